The Bertz CT molecular complexity index is 540. The van der Waals surface area contributed by atoms with Gasteiger partial charge in [-0.1, -0.05) is 20.8 Å². The molecule has 0 aliphatic carbocycles. The van der Waals surface area contributed by atoms with Gasteiger partial charge in [0, 0.05) is 50.2 Å². The fourth-order valence-corrected chi connectivity index (χ4v) is 4.32. The second-order valence-electron chi connectivity index (χ2n) is 7.63. The molecular weight excluding hydrogens is 342 g/mol. The topological polar surface area (TPSA) is 52.6 Å². The summed E-state index contributed by atoms with van der Waals surface area (Å²) in [4.78, 5) is 13.3. The van der Waals surface area contributed by atoms with E-state index in [-0.39, 0.29) is 0 Å². The van der Waals surface area contributed by atoms with Gasteiger partial charge in [-0.3, -0.25) is 4.99 Å². The lowest BCUT2D eigenvalue weighted by Crippen LogP contribution is -2.41. The highest BCUT2D eigenvalue weighted by Crippen LogP contribution is 2.18. The Morgan fingerprint density at radius 1 is 1.38 bits per heavy atom. The molecule has 5 nitrogen and oxygen atoms in total. The normalized spacial score (nSPS) is 19.1. The zero-order valence-corrected chi connectivity index (χ0v) is 17.9. The summed E-state index contributed by atoms with van der Waals surface area (Å²) in [5.41, 5.74) is 0. The van der Waals surface area contributed by atoms with Crippen LogP contribution in [0, 0.1) is 11.8 Å². The van der Waals surface area contributed by atoms with Crippen LogP contribution in [0.2, 0.25) is 0 Å². The van der Waals surface area contributed by atoms with Crippen LogP contribution < -0.4 is 10.6 Å². The molecule has 0 bridgehead atoms. The van der Waals surface area contributed by atoms with Crippen molar-refractivity contribution in [2.75, 3.05) is 39.3 Å². The van der Waals surface area contributed by atoms with Gasteiger partial charge in [-0.15, -0.1) is 11.3 Å². The minimum Gasteiger partial charge on any atom is -0.357 e. The van der Waals surface area contributed by atoms with Crippen molar-refractivity contribution in [3.8, 4) is 0 Å². The average Bonchev–Trinajstić information content (AvgIpc) is 3.07. The van der Waals surface area contributed by atoms with Crippen molar-refractivity contribution in [2.24, 2.45) is 16.8 Å². The molecule has 1 fully saturated rings. The van der Waals surface area contributed by atoms with E-state index in [0.29, 0.717) is 5.92 Å². The first-order valence-electron chi connectivity index (χ1n) is 10.3. The average molecular weight is 380 g/mol. The van der Waals surface area contributed by atoms with E-state index in [4.69, 9.17) is 4.99 Å². The first-order valence-corrected chi connectivity index (χ1v) is 11.1. The molecule has 26 heavy (non-hydrogen) atoms. The fraction of sp³-hybridized carbons (Fsp3) is 0.800. The molecule has 2 N–H and O–H groups in total. The standard InChI is InChI=1S/C20H37N5S/c1-5-18-13-23-19(26-18)9-10-22-20(21-6-2)24-12-17-8-7-11-25(15-17)14-16(3)4/h13,16-17H,5-12,14-15H2,1-4H3,(H2,21,22,24). The Morgan fingerprint density at radius 3 is 2.92 bits per heavy atom. The molecule has 148 valence electrons. The highest BCUT2D eigenvalue weighted by atomic mass is 32.1. The minimum absolute atomic E-state index is 0.684. The number of aromatic nitrogens is 1. The van der Waals surface area contributed by atoms with E-state index in [9.17, 15) is 0 Å². The van der Waals surface area contributed by atoms with Crippen molar-refractivity contribution in [2.45, 2.75) is 53.4 Å². The van der Waals surface area contributed by atoms with Gasteiger partial charge in [0.2, 0.25) is 0 Å². The van der Waals surface area contributed by atoms with Crippen LogP contribution in [-0.4, -0.2) is 55.1 Å². The van der Waals surface area contributed by atoms with Gasteiger partial charge in [0.25, 0.3) is 0 Å². The molecule has 0 aromatic carbocycles. The lowest BCUT2D eigenvalue weighted by molar-refractivity contribution is 0.162. The molecule has 2 rings (SSSR count). The number of aryl methyl sites for hydroxylation is 1. The number of nitrogens with one attached hydrogen (secondary N) is 2. The number of piperidine rings is 1. The Labute approximate surface area is 163 Å². The third kappa shape index (κ3) is 7.62. The van der Waals surface area contributed by atoms with Crippen molar-refractivity contribution in [3.05, 3.63) is 16.1 Å². The summed E-state index contributed by atoms with van der Waals surface area (Å²) in [6.07, 6.45) is 6.65. The molecule has 0 spiro atoms. The zero-order chi connectivity index (χ0) is 18.8. The predicted octanol–water partition coefficient (Wildman–Crippen LogP) is 3.17. The molecule has 1 aliphatic heterocycles. The summed E-state index contributed by atoms with van der Waals surface area (Å²) in [7, 11) is 0. The second kappa shape index (κ2) is 11.5. The predicted molar refractivity (Wildman–Crippen MR) is 113 cm³/mol. The second-order valence-corrected chi connectivity index (χ2v) is 8.83. The van der Waals surface area contributed by atoms with E-state index in [1.54, 1.807) is 0 Å². The smallest absolute Gasteiger partial charge is 0.191 e. The van der Waals surface area contributed by atoms with Gasteiger partial charge >= 0.3 is 0 Å². The fourth-order valence-electron chi connectivity index (χ4n) is 3.46. The van der Waals surface area contributed by atoms with Crippen LogP contribution in [0.1, 0.15) is 50.4 Å². The third-order valence-corrected chi connectivity index (χ3v) is 5.86. The SMILES string of the molecule is CCNC(=NCC1CCCN(CC(C)C)C1)NCCc1ncc(CC)s1. The van der Waals surface area contributed by atoms with Gasteiger partial charge < -0.3 is 15.5 Å². The molecule has 1 aromatic heterocycles. The molecule has 6 heteroatoms. The molecule has 0 saturated carbocycles. The van der Waals surface area contributed by atoms with Crippen molar-refractivity contribution >= 4 is 17.3 Å². The van der Waals surface area contributed by atoms with E-state index >= 15 is 0 Å². The van der Waals surface area contributed by atoms with Crippen LogP contribution in [0.15, 0.2) is 11.2 Å². The maximum Gasteiger partial charge on any atom is 0.191 e. The number of hydrogen-bond acceptors (Lipinski definition) is 4. The highest BCUT2D eigenvalue weighted by Gasteiger charge is 2.20. The Kier molecular flexibility index (Phi) is 9.40. The van der Waals surface area contributed by atoms with Crippen LogP contribution in [0.25, 0.3) is 0 Å². The van der Waals surface area contributed by atoms with Crippen molar-refractivity contribution in [1.29, 1.82) is 0 Å². The largest absolute Gasteiger partial charge is 0.357 e. The number of hydrogen-bond donors (Lipinski definition) is 2. The van der Waals surface area contributed by atoms with Gasteiger partial charge in [0.15, 0.2) is 5.96 Å². The number of rotatable bonds is 9. The monoisotopic (exact) mass is 379 g/mol. The molecule has 1 unspecified atom stereocenters. The zero-order valence-electron chi connectivity index (χ0n) is 17.1. The Morgan fingerprint density at radius 2 is 2.23 bits per heavy atom. The third-order valence-electron chi connectivity index (χ3n) is 4.66. The Hall–Kier alpha value is -1.14. The quantitative estimate of drug-likeness (QED) is 0.511. The first kappa shape index (κ1) is 21.2. The molecule has 1 aliphatic rings. The maximum absolute atomic E-state index is 4.85. The van der Waals surface area contributed by atoms with Gasteiger partial charge in [-0.05, 0) is 44.6 Å². The maximum atomic E-state index is 4.85. The van der Waals surface area contributed by atoms with E-state index in [1.807, 2.05) is 17.5 Å². The number of likely N-dealkylation sites (tertiary alicyclic amines) is 1. The van der Waals surface area contributed by atoms with Crippen LogP contribution in [0.5, 0.6) is 0 Å². The first-order chi connectivity index (χ1) is 12.6. The van der Waals surface area contributed by atoms with Crippen LogP contribution >= 0.6 is 11.3 Å². The number of guanidine groups is 1. The summed E-state index contributed by atoms with van der Waals surface area (Å²) in [6, 6.07) is 0. The molecule has 1 saturated heterocycles. The molecular formula is C20H37N5S. The molecule has 0 amide bonds. The summed E-state index contributed by atoms with van der Waals surface area (Å²) >= 11 is 1.82. The Balaban J connectivity index is 1.77. The van der Waals surface area contributed by atoms with Crippen molar-refractivity contribution < 1.29 is 0 Å². The molecule has 1 aromatic rings. The van der Waals surface area contributed by atoms with E-state index in [0.717, 1.165) is 44.4 Å². The lowest BCUT2D eigenvalue weighted by atomic mass is 9.97. The van der Waals surface area contributed by atoms with Crippen molar-refractivity contribution in [3.63, 3.8) is 0 Å². The van der Waals surface area contributed by atoms with Crippen molar-refractivity contribution in [1.82, 2.24) is 20.5 Å². The minimum atomic E-state index is 0.684. The molecule has 1 atom stereocenters. The lowest BCUT2D eigenvalue weighted by Gasteiger charge is -2.33. The summed E-state index contributed by atoms with van der Waals surface area (Å²) in [6.45, 7) is 15.3. The highest BCUT2D eigenvalue weighted by molar-refractivity contribution is 7.11. The summed E-state index contributed by atoms with van der Waals surface area (Å²) in [5, 5.41) is 8.06. The van der Waals surface area contributed by atoms with Gasteiger partial charge in [0.05, 0.1) is 5.01 Å². The van der Waals surface area contributed by atoms with Crippen LogP contribution in [0.3, 0.4) is 0 Å². The van der Waals surface area contributed by atoms with E-state index < -0.39 is 0 Å². The summed E-state index contributed by atoms with van der Waals surface area (Å²) < 4.78 is 0. The van der Waals surface area contributed by atoms with E-state index in [1.165, 1.54) is 42.4 Å². The van der Waals surface area contributed by atoms with E-state index in [2.05, 4.69) is 48.2 Å². The molecule has 2 heterocycles. The van der Waals surface area contributed by atoms with Crippen LogP contribution in [-0.2, 0) is 12.8 Å². The summed E-state index contributed by atoms with van der Waals surface area (Å²) in [5.74, 6) is 2.38. The van der Waals surface area contributed by atoms with Gasteiger partial charge in [-0.25, -0.2) is 4.98 Å². The number of aliphatic imine (C=N–C) groups is 1. The number of thiazole rings is 1. The molecule has 0 radical (unpaired) electrons. The van der Waals surface area contributed by atoms with Gasteiger partial charge in [0.1, 0.15) is 0 Å². The number of nitrogens with zero attached hydrogens (tertiary/aromatic N) is 3. The van der Waals surface area contributed by atoms with Crippen LogP contribution in [0.4, 0.5) is 0 Å². The van der Waals surface area contributed by atoms with Gasteiger partial charge in [-0.2, -0.15) is 0 Å².